The molecule has 0 N–H and O–H groups in total. The Balaban J connectivity index is 1.38. The third-order valence-electron chi connectivity index (χ3n) is 5.93. The van der Waals surface area contributed by atoms with Crippen molar-refractivity contribution in [3.05, 3.63) is 66.4 Å². The van der Waals surface area contributed by atoms with Crippen molar-refractivity contribution in [3.63, 3.8) is 0 Å². The summed E-state index contributed by atoms with van der Waals surface area (Å²) in [6.45, 7) is 11.4. The molecule has 1 fully saturated rings. The van der Waals surface area contributed by atoms with Crippen LogP contribution in [0.2, 0.25) is 0 Å². The van der Waals surface area contributed by atoms with Crippen LogP contribution >= 0.6 is 0 Å². The summed E-state index contributed by atoms with van der Waals surface area (Å²) in [4.78, 5) is 5.15. The number of hydrogen-bond donors (Lipinski definition) is 0. The third-order valence-corrected chi connectivity index (χ3v) is 5.93. The summed E-state index contributed by atoms with van der Waals surface area (Å²) in [5.41, 5.74) is 4.14. The van der Waals surface area contributed by atoms with Crippen LogP contribution in [0.5, 0.6) is 0 Å². The van der Waals surface area contributed by atoms with Gasteiger partial charge in [-0.3, -0.25) is 4.90 Å². The average molecular weight is 362 g/mol. The van der Waals surface area contributed by atoms with Gasteiger partial charge in [0, 0.05) is 55.7 Å². The van der Waals surface area contributed by atoms with E-state index in [4.69, 9.17) is 0 Å². The fraction of sp³-hybridized carbons (Fsp3) is 0.417. The van der Waals surface area contributed by atoms with Gasteiger partial charge < -0.3 is 9.47 Å². The third kappa shape index (κ3) is 3.89. The molecule has 0 amide bonds. The summed E-state index contributed by atoms with van der Waals surface area (Å²) in [6, 6.07) is 21.1. The Bertz CT molecular complexity index is 873. The van der Waals surface area contributed by atoms with Gasteiger partial charge in [0.25, 0.3) is 0 Å². The van der Waals surface area contributed by atoms with Gasteiger partial charge in [-0.05, 0) is 68.5 Å². The molecule has 0 bridgehead atoms. The predicted octanol–water partition coefficient (Wildman–Crippen LogP) is 4.98. The van der Waals surface area contributed by atoms with E-state index in [1.54, 1.807) is 0 Å². The summed E-state index contributed by atoms with van der Waals surface area (Å²) < 4.78 is 2.35. The van der Waals surface area contributed by atoms with Gasteiger partial charge in [0.1, 0.15) is 0 Å². The molecular formula is C24H31N3. The molecule has 1 aromatic heterocycles. The zero-order chi connectivity index (χ0) is 18.8. The van der Waals surface area contributed by atoms with Crippen molar-refractivity contribution < 1.29 is 0 Å². The highest BCUT2D eigenvalue weighted by Gasteiger charge is 2.21. The Kier molecular flexibility index (Phi) is 5.22. The van der Waals surface area contributed by atoms with Gasteiger partial charge in [-0.25, -0.2) is 0 Å². The smallest absolute Gasteiger partial charge is 0.0482 e. The van der Waals surface area contributed by atoms with E-state index in [1.165, 1.54) is 22.2 Å². The summed E-state index contributed by atoms with van der Waals surface area (Å²) >= 11 is 0. The number of piperazine rings is 1. The van der Waals surface area contributed by atoms with Gasteiger partial charge >= 0.3 is 0 Å². The summed E-state index contributed by atoms with van der Waals surface area (Å²) in [6.07, 6.45) is 3.33. The minimum atomic E-state index is 0.508. The zero-order valence-electron chi connectivity index (χ0n) is 16.8. The highest BCUT2D eigenvalue weighted by molar-refractivity contribution is 5.81. The molecule has 3 nitrogen and oxygen atoms in total. The van der Waals surface area contributed by atoms with Gasteiger partial charge in [0.15, 0.2) is 0 Å². The topological polar surface area (TPSA) is 11.4 Å². The van der Waals surface area contributed by atoms with Crippen LogP contribution in [-0.2, 0) is 6.42 Å². The van der Waals surface area contributed by atoms with Crippen LogP contribution in [0.1, 0.15) is 32.4 Å². The van der Waals surface area contributed by atoms with E-state index >= 15 is 0 Å². The summed E-state index contributed by atoms with van der Waals surface area (Å²) in [7, 11) is 0. The number of fused-ring (bicyclic) bond motifs is 1. The average Bonchev–Trinajstić information content (AvgIpc) is 3.12. The van der Waals surface area contributed by atoms with E-state index in [9.17, 15) is 0 Å². The van der Waals surface area contributed by atoms with Crippen molar-refractivity contribution in [2.45, 2.75) is 39.3 Å². The number of hydrogen-bond acceptors (Lipinski definition) is 2. The van der Waals surface area contributed by atoms with Crippen molar-refractivity contribution in [2.75, 3.05) is 31.1 Å². The van der Waals surface area contributed by atoms with Crippen molar-refractivity contribution in [2.24, 2.45) is 0 Å². The lowest BCUT2D eigenvalue weighted by atomic mass is 10.0. The predicted molar refractivity (Wildman–Crippen MR) is 116 cm³/mol. The molecule has 0 saturated carbocycles. The van der Waals surface area contributed by atoms with Gasteiger partial charge in [-0.2, -0.15) is 0 Å². The molecule has 1 saturated heterocycles. The molecular weight excluding hydrogens is 330 g/mol. The lowest BCUT2D eigenvalue weighted by Gasteiger charge is -2.39. The second-order valence-electron chi connectivity index (χ2n) is 8.12. The summed E-state index contributed by atoms with van der Waals surface area (Å²) in [5, 5.41) is 1.36. The van der Waals surface area contributed by atoms with Gasteiger partial charge in [-0.15, -0.1) is 0 Å². The number of rotatable bonds is 5. The molecule has 142 valence electrons. The van der Waals surface area contributed by atoms with Crippen molar-refractivity contribution in [1.29, 1.82) is 0 Å². The molecule has 0 radical (unpaired) electrons. The highest BCUT2D eigenvalue weighted by atomic mass is 15.3. The molecule has 1 unspecified atom stereocenters. The minimum absolute atomic E-state index is 0.508. The van der Waals surface area contributed by atoms with Crippen molar-refractivity contribution in [1.82, 2.24) is 9.47 Å². The Morgan fingerprint density at radius 1 is 0.852 bits per heavy atom. The second-order valence-corrected chi connectivity index (χ2v) is 8.12. The molecule has 27 heavy (non-hydrogen) atoms. The van der Waals surface area contributed by atoms with E-state index in [1.807, 2.05) is 0 Å². The Morgan fingerprint density at radius 2 is 1.59 bits per heavy atom. The van der Waals surface area contributed by atoms with Crippen molar-refractivity contribution >= 4 is 16.6 Å². The molecule has 2 aromatic carbocycles. The molecule has 1 atom stereocenters. The van der Waals surface area contributed by atoms with Gasteiger partial charge in [-0.1, -0.05) is 24.3 Å². The fourth-order valence-electron chi connectivity index (χ4n) is 4.32. The quantitative estimate of drug-likeness (QED) is 0.635. The van der Waals surface area contributed by atoms with Crippen LogP contribution in [0, 0.1) is 0 Å². The maximum Gasteiger partial charge on any atom is 0.0482 e. The number of nitrogens with zero attached hydrogens (tertiary/aromatic N) is 3. The molecule has 3 heteroatoms. The molecule has 0 aliphatic carbocycles. The van der Waals surface area contributed by atoms with Crippen LogP contribution in [0.15, 0.2) is 60.8 Å². The molecule has 0 spiro atoms. The first-order valence-corrected chi connectivity index (χ1v) is 10.3. The Labute approximate surface area is 163 Å². The fourth-order valence-corrected chi connectivity index (χ4v) is 4.32. The van der Waals surface area contributed by atoms with Crippen LogP contribution in [-0.4, -0.2) is 41.7 Å². The van der Waals surface area contributed by atoms with E-state index in [-0.39, 0.29) is 0 Å². The monoisotopic (exact) mass is 361 g/mol. The first-order valence-electron chi connectivity index (χ1n) is 10.3. The number of benzene rings is 2. The molecule has 3 aromatic rings. The lowest BCUT2D eigenvalue weighted by Crippen LogP contribution is -2.50. The lowest BCUT2D eigenvalue weighted by molar-refractivity contribution is 0.196. The summed E-state index contributed by atoms with van der Waals surface area (Å²) in [5.74, 6) is 0. The van der Waals surface area contributed by atoms with Crippen LogP contribution in [0.25, 0.3) is 10.9 Å². The Hall–Kier alpha value is -2.26. The SMILES string of the molecule is CC(Cc1ccc2c(ccn2C(C)C)c1)N1CCN(c2ccccc2)CC1. The zero-order valence-corrected chi connectivity index (χ0v) is 16.8. The second kappa shape index (κ2) is 7.77. The van der Waals surface area contributed by atoms with E-state index in [0.717, 1.165) is 32.6 Å². The van der Waals surface area contributed by atoms with Gasteiger partial charge in [0.2, 0.25) is 0 Å². The maximum absolute atomic E-state index is 2.64. The number of anilines is 1. The van der Waals surface area contributed by atoms with E-state index in [2.05, 4.69) is 95.9 Å². The first kappa shape index (κ1) is 18.1. The number of para-hydroxylation sites is 1. The van der Waals surface area contributed by atoms with Gasteiger partial charge in [0.05, 0.1) is 0 Å². The first-order chi connectivity index (χ1) is 13.1. The maximum atomic E-state index is 2.64. The van der Waals surface area contributed by atoms with Crippen LogP contribution < -0.4 is 4.90 Å². The molecule has 4 rings (SSSR count). The van der Waals surface area contributed by atoms with Crippen molar-refractivity contribution in [3.8, 4) is 0 Å². The molecule has 2 heterocycles. The molecule has 1 aliphatic rings. The largest absolute Gasteiger partial charge is 0.369 e. The van der Waals surface area contributed by atoms with Crippen LogP contribution in [0.4, 0.5) is 5.69 Å². The number of aromatic nitrogens is 1. The standard InChI is InChI=1S/C24H31N3/c1-19(2)27-12-11-22-18-21(9-10-24(22)27)17-20(3)25-13-15-26(16-14-25)23-7-5-4-6-8-23/h4-12,18-20H,13-17H2,1-3H3. The molecule has 1 aliphatic heterocycles. The highest BCUT2D eigenvalue weighted by Crippen LogP contribution is 2.23. The normalized spacial score (nSPS) is 17.0. The van der Waals surface area contributed by atoms with E-state index in [0.29, 0.717) is 12.1 Å². The van der Waals surface area contributed by atoms with E-state index < -0.39 is 0 Å². The minimum Gasteiger partial charge on any atom is -0.369 e. The Morgan fingerprint density at radius 3 is 2.30 bits per heavy atom. The van der Waals surface area contributed by atoms with Crippen LogP contribution in [0.3, 0.4) is 0 Å².